The molecular weight excluding hydrogens is 259 g/mol. The number of benzene rings is 1. The Labute approximate surface area is 102 Å². The number of carbonyl (C=O) groups is 1. The number of rotatable bonds is 3. The maximum Gasteiger partial charge on any atom is 0.390 e. The van der Waals surface area contributed by atoms with Crippen LogP contribution >= 0.6 is 12.4 Å². The van der Waals surface area contributed by atoms with Gasteiger partial charge >= 0.3 is 12.1 Å². The molecule has 0 aromatic heterocycles. The molecule has 0 heterocycles. The van der Waals surface area contributed by atoms with Crippen LogP contribution in [-0.2, 0) is 0 Å². The number of aromatic carboxylic acids is 1. The molecule has 7 heteroatoms. The zero-order valence-electron chi connectivity index (χ0n) is 8.57. The van der Waals surface area contributed by atoms with Crippen LogP contribution in [0.25, 0.3) is 0 Å². The van der Waals surface area contributed by atoms with E-state index in [0.717, 1.165) is 0 Å². The maximum atomic E-state index is 12.1. The van der Waals surface area contributed by atoms with Crippen molar-refractivity contribution in [1.29, 1.82) is 0 Å². The van der Waals surface area contributed by atoms with Gasteiger partial charge in [0.1, 0.15) is 0 Å². The number of halogens is 4. The van der Waals surface area contributed by atoms with E-state index in [1.165, 1.54) is 24.3 Å². The van der Waals surface area contributed by atoms with Crippen molar-refractivity contribution in [3.63, 3.8) is 0 Å². The van der Waals surface area contributed by atoms with Crippen molar-refractivity contribution in [2.24, 2.45) is 5.73 Å². The van der Waals surface area contributed by atoms with E-state index >= 15 is 0 Å². The van der Waals surface area contributed by atoms with Gasteiger partial charge in [-0.1, -0.05) is 18.2 Å². The summed E-state index contributed by atoms with van der Waals surface area (Å²) in [6.45, 7) is 0. The average Bonchev–Trinajstić information content (AvgIpc) is 2.15. The molecule has 1 atom stereocenters. The molecule has 1 aromatic carbocycles. The first-order chi connectivity index (χ1) is 7.31. The SMILES string of the molecule is Cl.N[C@@H](CC(F)(F)F)c1ccccc1C(=O)O. The third-order valence-corrected chi connectivity index (χ3v) is 2.04. The van der Waals surface area contributed by atoms with Gasteiger partial charge in [-0.05, 0) is 11.6 Å². The number of alkyl halides is 3. The minimum atomic E-state index is -4.41. The van der Waals surface area contributed by atoms with Gasteiger partial charge in [0, 0.05) is 6.04 Å². The highest BCUT2D eigenvalue weighted by atomic mass is 35.5. The minimum absolute atomic E-state index is 0. The van der Waals surface area contributed by atoms with Crippen LogP contribution in [0.4, 0.5) is 13.2 Å². The number of carboxylic acids is 1. The zero-order valence-corrected chi connectivity index (χ0v) is 9.39. The van der Waals surface area contributed by atoms with E-state index in [9.17, 15) is 18.0 Å². The van der Waals surface area contributed by atoms with Gasteiger partial charge in [0.05, 0.1) is 12.0 Å². The Morgan fingerprint density at radius 2 is 1.88 bits per heavy atom. The summed E-state index contributed by atoms with van der Waals surface area (Å²) in [4.78, 5) is 10.8. The van der Waals surface area contributed by atoms with Crippen molar-refractivity contribution >= 4 is 18.4 Å². The van der Waals surface area contributed by atoms with Gasteiger partial charge in [-0.25, -0.2) is 4.79 Å². The van der Waals surface area contributed by atoms with Crippen molar-refractivity contribution in [3.05, 3.63) is 35.4 Å². The fourth-order valence-corrected chi connectivity index (χ4v) is 1.37. The van der Waals surface area contributed by atoms with E-state index in [2.05, 4.69) is 0 Å². The highest BCUT2D eigenvalue weighted by Gasteiger charge is 2.32. The lowest BCUT2D eigenvalue weighted by molar-refractivity contribution is -0.138. The van der Waals surface area contributed by atoms with Crippen molar-refractivity contribution in [2.45, 2.75) is 18.6 Å². The predicted molar refractivity (Wildman–Crippen MR) is 58.2 cm³/mol. The summed E-state index contributed by atoms with van der Waals surface area (Å²) in [5, 5.41) is 8.78. The van der Waals surface area contributed by atoms with Crippen LogP contribution in [0.15, 0.2) is 24.3 Å². The number of hydrogen-bond acceptors (Lipinski definition) is 2. The fourth-order valence-electron chi connectivity index (χ4n) is 1.37. The second-order valence-electron chi connectivity index (χ2n) is 3.32. The molecule has 0 unspecified atom stereocenters. The van der Waals surface area contributed by atoms with Crippen LogP contribution in [0.2, 0.25) is 0 Å². The smallest absolute Gasteiger partial charge is 0.390 e. The summed E-state index contributed by atoms with van der Waals surface area (Å²) < 4.78 is 36.3. The number of carboxylic acid groups (broad SMARTS) is 1. The molecule has 0 aliphatic rings. The molecular formula is C10H11ClF3NO2. The monoisotopic (exact) mass is 269 g/mol. The molecule has 0 aliphatic carbocycles. The third kappa shape index (κ3) is 4.62. The maximum absolute atomic E-state index is 12.1. The summed E-state index contributed by atoms with van der Waals surface area (Å²) in [6.07, 6.45) is -5.65. The number of hydrogen-bond donors (Lipinski definition) is 2. The third-order valence-electron chi connectivity index (χ3n) is 2.04. The van der Waals surface area contributed by atoms with Crippen LogP contribution in [0.5, 0.6) is 0 Å². The van der Waals surface area contributed by atoms with Crippen LogP contribution in [-0.4, -0.2) is 17.3 Å². The predicted octanol–water partition coefficient (Wildman–Crippen LogP) is 2.76. The van der Waals surface area contributed by atoms with Crippen LogP contribution in [0.1, 0.15) is 28.4 Å². The topological polar surface area (TPSA) is 63.3 Å². The van der Waals surface area contributed by atoms with Gasteiger partial charge in [0.2, 0.25) is 0 Å². The minimum Gasteiger partial charge on any atom is -0.478 e. The van der Waals surface area contributed by atoms with Crippen LogP contribution in [0, 0.1) is 0 Å². The first-order valence-electron chi connectivity index (χ1n) is 4.46. The van der Waals surface area contributed by atoms with Gasteiger partial charge in [0.25, 0.3) is 0 Å². The second-order valence-corrected chi connectivity index (χ2v) is 3.32. The molecule has 0 saturated heterocycles. The molecule has 96 valence electrons. The highest BCUT2D eigenvalue weighted by Crippen LogP contribution is 2.29. The van der Waals surface area contributed by atoms with E-state index < -0.39 is 24.6 Å². The van der Waals surface area contributed by atoms with E-state index in [0.29, 0.717) is 0 Å². The molecule has 0 spiro atoms. The summed E-state index contributed by atoms with van der Waals surface area (Å²) in [6, 6.07) is 4.06. The normalized spacial score (nSPS) is 12.7. The van der Waals surface area contributed by atoms with E-state index in [1.54, 1.807) is 0 Å². The Bertz CT molecular complexity index is 395. The molecule has 0 radical (unpaired) electrons. The summed E-state index contributed by atoms with van der Waals surface area (Å²) in [7, 11) is 0. The highest BCUT2D eigenvalue weighted by molar-refractivity contribution is 5.89. The molecule has 0 fully saturated rings. The van der Waals surface area contributed by atoms with E-state index in [-0.39, 0.29) is 23.5 Å². The average molecular weight is 270 g/mol. The van der Waals surface area contributed by atoms with Crippen molar-refractivity contribution in [1.82, 2.24) is 0 Å². The Morgan fingerprint density at radius 1 is 1.35 bits per heavy atom. The van der Waals surface area contributed by atoms with Crippen LogP contribution < -0.4 is 5.73 Å². The lowest BCUT2D eigenvalue weighted by Gasteiger charge is -2.16. The van der Waals surface area contributed by atoms with Gasteiger partial charge in [-0.3, -0.25) is 0 Å². The van der Waals surface area contributed by atoms with Crippen molar-refractivity contribution < 1.29 is 23.1 Å². The molecule has 1 aromatic rings. The molecule has 0 saturated carbocycles. The van der Waals surface area contributed by atoms with Crippen molar-refractivity contribution in [2.75, 3.05) is 0 Å². The lowest BCUT2D eigenvalue weighted by atomic mass is 9.98. The summed E-state index contributed by atoms with van der Waals surface area (Å²) in [5.74, 6) is -1.28. The largest absolute Gasteiger partial charge is 0.478 e. The zero-order chi connectivity index (χ0) is 12.3. The van der Waals surface area contributed by atoms with Gasteiger partial charge in [0.15, 0.2) is 0 Å². The summed E-state index contributed by atoms with van der Waals surface area (Å²) >= 11 is 0. The molecule has 0 amide bonds. The fraction of sp³-hybridized carbons (Fsp3) is 0.300. The molecule has 1 rings (SSSR count). The molecule has 0 aliphatic heterocycles. The Balaban J connectivity index is 0.00000256. The second kappa shape index (κ2) is 5.88. The Kier molecular flexibility index (Phi) is 5.44. The van der Waals surface area contributed by atoms with Gasteiger partial charge in [-0.15, -0.1) is 12.4 Å². The van der Waals surface area contributed by atoms with Gasteiger partial charge in [-0.2, -0.15) is 13.2 Å². The van der Waals surface area contributed by atoms with Crippen LogP contribution in [0.3, 0.4) is 0 Å². The van der Waals surface area contributed by atoms with E-state index in [1.807, 2.05) is 0 Å². The molecule has 3 nitrogen and oxygen atoms in total. The summed E-state index contributed by atoms with van der Waals surface area (Å²) in [5.41, 5.74) is 5.13. The molecule has 3 N–H and O–H groups in total. The first-order valence-corrected chi connectivity index (χ1v) is 4.46. The molecule has 0 bridgehead atoms. The standard InChI is InChI=1S/C10H10F3NO2.ClH/c11-10(12,13)5-8(14)6-3-1-2-4-7(6)9(15)16;/h1-4,8H,5,14H2,(H,15,16);1H/t8-;/m0./s1. The lowest BCUT2D eigenvalue weighted by Crippen LogP contribution is -2.22. The first kappa shape index (κ1) is 15.7. The number of nitrogens with two attached hydrogens (primary N) is 1. The van der Waals surface area contributed by atoms with Gasteiger partial charge < -0.3 is 10.8 Å². The quantitative estimate of drug-likeness (QED) is 0.887. The Hall–Kier alpha value is -1.27. The van der Waals surface area contributed by atoms with Crippen molar-refractivity contribution in [3.8, 4) is 0 Å². The van der Waals surface area contributed by atoms with E-state index in [4.69, 9.17) is 10.8 Å². The molecule has 17 heavy (non-hydrogen) atoms. The Morgan fingerprint density at radius 3 is 2.35 bits per heavy atom.